The molecular weight excluding hydrogens is 527 g/mol. The zero-order valence-electron chi connectivity index (χ0n) is 21.6. The summed E-state index contributed by atoms with van der Waals surface area (Å²) in [5.41, 5.74) is 2.95. The number of carbonyl (C=O) groups is 2. The molecule has 0 saturated heterocycles. The Labute approximate surface area is 232 Å². The fourth-order valence-corrected chi connectivity index (χ4v) is 5.91. The number of hydrogen-bond acceptors (Lipinski definition) is 6. The number of hydrazone groups is 1. The predicted octanol–water partition coefficient (Wildman–Crippen LogP) is 5.95. The van der Waals surface area contributed by atoms with Crippen LogP contribution >= 0.6 is 23.2 Å². The molecule has 2 saturated carbocycles. The average Bonchev–Trinajstić information content (AvgIpc) is 3.25. The van der Waals surface area contributed by atoms with Crippen molar-refractivity contribution in [2.45, 2.75) is 43.0 Å². The van der Waals surface area contributed by atoms with Gasteiger partial charge in [-0.25, -0.2) is 5.01 Å². The molecule has 1 aliphatic heterocycles. The molecule has 38 heavy (non-hydrogen) atoms. The Morgan fingerprint density at radius 2 is 1.66 bits per heavy atom. The van der Waals surface area contributed by atoms with E-state index < -0.39 is 28.2 Å². The lowest BCUT2D eigenvalue weighted by atomic mass is 9.77. The van der Waals surface area contributed by atoms with E-state index in [9.17, 15) is 9.59 Å². The molecule has 5 rings (SSSR count). The predicted molar refractivity (Wildman–Crippen MR) is 146 cm³/mol. The minimum Gasteiger partial charge on any atom is -0.497 e. The zero-order valence-corrected chi connectivity index (χ0v) is 23.1. The summed E-state index contributed by atoms with van der Waals surface area (Å²) in [5.74, 6) is 0.552. The molecule has 2 fully saturated rings. The standard InChI is InChI=1S/C29H30Cl2N2O5/c1-28(17-29(28,30)31)27(35)38-16-24(34)33-26(19-9-13-22(37-3)14-10-19)23-6-4-5-20(25(23)32-33)15-18-7-11-21(36-2)12-8-18/h7-15,23,26H,4-6,16-17H2,1-3H3/b20-15+/t23-,26-,28+/m1/s1. The van der Waals surface area contributed by atoms with Gasteiger partial charge in [0.25, 0.3) is 5.91 Å². The Kier molecular flexibility index (Phi) is 7.18. The van der Waals surface area contributed by atoms with Crippen molar-refractivity contribution in [3.05, 3.63) is 65.2 Å². The van der Waals surface area contributed by atoms with Crippen LogP contribution in [0.3, 0.4) is 0 Å². The third kappa shape index (κ3) is 4.90. The van der Waals surface area contributed by atoms with Crippen molar-refractivity contribution in [3.8, 4) is 11.5 Å². The molecular formula is C29H30Cl2N2O5. The Bertz CT molecular complexity index is 1290. The van der Waals surface area contributed by atoms with E-state index in [2.05, 4.69) is 6.08 Å². The summed E-state index contributed by atoms with van der Waals surface area (Å²) in [4.78, 5) is 26.1. The maximum atomic E-state index is 13.5. The Balaban J connectivity index is 1.43. The number of carbonyl (C=O) groups excluding carboxylic acids is 2. The van der Waals surface area contributed by atoms with Crippen LogP contribution in [0.15, 0.2) is 59.2 Å². The number of allylic oxidation sites excluding steroid dienone is 1. The van der Waals surface area contributed by atoms with Gasteiger partial charge in [0.15, 0.2) is 6.61 Å². The molecule has 2 aliphatic carbocycles. The Hall–Kier alpha value is -3.03. The average molecular weight is 557 g/mol. The third-order valence-electron chi connectivity index (χ3n) is 7.71. The van der Waals surface area contributed by atoms with E-state index in [0.717, 1.165) is 53.2 Å². The highest BCUT2D eigenvalue weighted by Gasteiger charge is 2.69. The largest absolute Gasteiger partial charge is 0.497 e. The molecule has 0 bridgehead atoms. The van der Waals surface area contributed by atoms with Gasteiger partial charge in [-0.3, -0.25) is 9.59 Å². The number of ether oxygens (including phenoxy) is 3. The van der Waals surface area contributed by atoms with Gasteiger partial charge in [-0.15, -0.1) is 23.2 Å². The van der Waals surface area contributed by atoms with E-state index in [4.69, 9.17) is 42.5 Å². The molecule has 200 valence electrons. The van der Waals surface area contributed by atoms with Gasteiger partial charge in [-0.05, 0) is 73.2 Å². The van der Waals surface area contributed by atoms with Gasteiger partial charge in [0.2, 0.25) is 0 Å². The molecule has 2 aromatic carbocycles. The van der Waals surface area contributed by atoms with Crippen molar-refractivity contribution >= 4 is 46.9 Å². The number of esters is 1. The SMILES string of the molecule is COc1ccc(/C=C2\CCC[C@@H]3C2=NN(C(=O)COC(=O)[C@]2(C)CC2(Cl)Cl)[C@@H]3c2ccc(OC)cc2)cc1. The molecule has 0 spiro atoms. The second-order valence-corrected chi connectivity index (χ2v) is 11.7. The van der Waals surface area contributed by atoms with E-state index in [-0.39, 0.29) is 18.4 Å². The van der Waals surface area contributed by atoms with E-state index in [1.807, 2.05) is 48.5 Å². The number of hydrogen-bond donors (Lipinski definition) is 0. The molecule has 0 N–H and O–H groups in total. The van der Waals surface area contributed by atoms with Crippen molar-refractivity contribution in [1.29, 1.82) is 0 Å². The van der Waals surface area contributed by atoms with E-state index in [0.29, 0.717) is 0 Å². The normalized spacial score (nSPS) is 26.4. The molecule has 0 radical (unpaired) electrons. The van der Waals surface area contributed by atoms with E-state index >= 15 is 0 Å². The number of halogens is 2. The summed E-state index contributed by atoms with van der Waals surface area (Å²) >= 11 is 12.2. The third-order valence-corrected chi connectivity index (χ3v) is 8.81. The second kappa shape index (κ2) is 10.3. The molecule has 7 nitrogen and oxygen atoms in total. The van der Waals surface area contributed by atoms with Crippen LogP contribution in [0, 0.1) is 11.3 Å². The van der Waals surface area contributed by atoms with Crippen LogP contribution in [-0.4, -0.2) is 47.8 Å². The van der Waals surface area contributed by atoms with Crippen LogP contribution < -0.4 is 9.47 Å². The van der Waals surface area contributed by atoms with Gasteiger partial charge < -0.3 is 14.2 Å². The summed E-state index contributed by atoms with van der Waals surface area (Å²) in [5, 5.41) is 6.32. The molecule has 2 aromatic rings. The van der Waals surface area contributed by atoms with Gasteiger partial charge in [0.1, 0.15) is 21.2 Å². The summed E-state index contributed by atoms with van der Waals surface area (Å²) in [7, 11) is 3.26. The lowest BCUT2D eigenvalue weighted by molar-refractivity contribution is -0.157. The first kappa shape index (κ1) is 26.6. The highest BCUT2D eigenvalue weighted by molar-refractivity contribution is 6.53. The van der Waals surface area contributed by atoms with Crippen molar-refractivity contribution in [1.82, 2.24) is 5.01 Å². The molecule has 3 atom stereocenters. The lowest BCUT2D eigenvalue weighted by Crippen LogP contribution is -2.35. The highest BCUT2D eigenvalue weighted by Crippen LogP contribution is 2.64. The van der Waals surface area contributed by atoms with Gasteiger partial charge in [0, 0.05) is 12.3 Å². The van der Waals surface area contributed by atoms with E-state index in [1.54, 1.807) is 21.1 Å². The van der Waals surface area contributed by atoms with Gasteiger partial charge in [-0.1, -0.05) is 24.3 Å². The van der Waals surface area contributed by atoms with Crippen LogP contribution in [0.2, 0.25) is 0 Å². The van der Waals surface area contributed by atoms with Crippen molar-refractivity contribution < 1.29 is 23.8 Å². The van der Waals surface area contributed by atoms with Crippen LogP contribution in [0.4, 0.5) is 0 Å². The molecule has 0 unspecified atom stereocenters. The minimum atomic E-state index is -1.16. The summed E-state index contributed by atoms with van der Waals surface area (Å²) in [6, 6.07) is 15.2. The van der Waals surface area contributed by atoms with Crippen LogP contribution in [-0.2, 0) is 14.3 Å². The molecule has 1 amide bonds. The number of methoxy groups -OCH3 is 2. The summed E-state index contributed by atoms with van der Waals surface area (Å²) < 4.78 is 14.8. The summed E-state index contributed by atoms with van der Waals surface area (Å²) in [6.07, 6.45) is 5.13. The van der Waals surface area contributed by atoms with Crippen molar-refractivity contribution in [3.63, 3.8) is 0 Å². The highest BCUT2D eigenvalue weighted by atomic mass is 35.5. The maximum Gasteiger partial charge on any atom is 0.315 e. The smallest absolute Gasteiger partial charge is 0.315 e. The number of alkyl halides is 2. The quantitative estimate of drug-likeness (QED) is 0.311. The Morgan fingerprint density at radius 3 is 2.24 bits per heavy atom. The van der Waals surface area contributed by atoms with Crippen molar-refractivity contribution in [2.24, 2.45) is 16.4 Å². The minimum absolute atomic E-state index is 0.0144. The number of rotatable bonds is 7. The maximum absolute atomic E-state index is 13.5. The van der Waals surface area contributed by atoms with Gasteiger partial charge in [0.05, 0.1) is 26.0 Å². The topological polar surface area (TPSA) is 77.4 Å². The fourth-order valence-electron chi connectivity index (χ4n) is 5.22. The first-order valence-corrected chi connectivity index (χ1v) is 13.4. The lowest BCUT2D eigenvalue weighted by Gasteiger charge is -2.29. The first-order valence-electron chi connectivity index (χ1n) is 12.6. The summed E-state index contributed by atoms with van der Waals surface area (Å²) in [6.45, 7) is 1.20. The van der Waals surface area contributed by atoms with Gasteiger partial charge in [-0.2, -0.15) is 5.10 Å². The van der Waals surface area contributed by atoms with Crippen molar-refractivity contribution in [2.75, 3.05) is 20.8 Å². The number of benzene rings is 2. The molecule has 0 aromatic heterocycles. The second-order valence-electron chi connectivity index (χ2n) is 10.2. The molecule has 3 aliphatic rings. The van der Waals surface area contributed by atoms with Crippen LogP contribution in [0.25, 0.3) is 6.08 Å². The van der Waals surface area contributed by atoms with Crippen LogP contribution in [0.5, 0.6) is 11.5 Å². The Morgan fingerprint density at radius 1 is 1.05 bits per heavy atom. The molecule has 1 heterocycles. The van der Waals surface area contributed by atoms with Crippen LogP contribution in [0.1, 0.15) is 49.8 Å². The zero-order chi connectivity index (χ0) is 27.1. The van der Waals surface area contributed by atoms with Gasteiger partial charge >= 0.3 is 5.97 Å². The fraction of sp³-hybridized carbons (Fsp3) is 0.414. The first-order chi connectivity index (χ1) is 18.2. The number of amides is 1. The number of fused-ring (bicyclic) bond motifs is 1. The number of nitrogens with zero attached hydrogens (tertiary/aromatic N) is 2. The van der Waals surface area contributed by atoms with E-state index in [1.165, 1.54) is 5.01 Å². The monoisotopic (exact) mass is 556 g/mol. The molecule has 9 heteroatoms.